The molecule has 0 aliphatic carbocycles. The summed E-state index contributed by atoms with van der Waals surface area (Å²) in [5.41, 5.74) is 4.14. The van der Waals surface area contributed by atoms with Gasteiger partial charge in [-0.15, -0.1) is 0 Å². The maximum absolute atomic E-state index is 9.09. The molecule has 1 rings (SSSR count). The zero-order chi connectivity index (χ0) is 14.3. The standard InChI is InChI=1S/C12H16O2.Cl2OS/c1-8(2)9(3)10-4-6-11(7-5-10)12(13)14;1-4(2)3/h4-7,12-14H,1-3H3;. The molecule has 0 aliphatic heterocycles. The lowest BCUT2D eigenvalue weighted by Gasteiger charge is -2.07. The van der Waals surface area contributed by atoms with Crippen molar-refractivity contribution < 1.29 is 14.4 Å². The van der Waals surface area contributed by atoms with Gasteiger partial charge in [0.05, 0.1) is 0 Å². The van der Waals surface area contributed by atoms with Crippen molar-refractivity contribution in [1.82, 2.24) is 0 Å². The highest BCUT2D eigenvalue weighted by Crippen LogP contribution is 2.19. The Balaban J connectivity index is 0.000000631. The van der Waals surface area contributed by atoms with Crippen molar-refractivity contribution in [1.29, 1.82) is 0 Å². The molecule has 1 aromatic carbocycles. The van der Waals surface area contributed by atoms with Crippen molar-refractivity contribution in [3.05, 3.63) is 41.0 Å². The van der Waals surface area contributed by atoms with Gasteiger partial charge in [0.25, 0.3) is 0 Å². The van der Waals surface area contributed by atoms with Crippen molar-refractivity contribution in [2.24, 2.45) is 0 Å². The maximum atomic E-state index is 9.09. The fraction of sp³-hybridized carbons (Fsp3) is 0.333. The predicted octanol–water partition coefficient (Wildman–Crippen LogP) is 3.53. The van der Waals surface area contributed by atoms with Crippen LogP contribution in [0.25, 0.3) is 5.57 Å². The van der Waals surface area contributed by atoms with Gasteiger partial charge in [0.15, 0.2) is 6.29 Å². The lowest BCUT2D eigenvalue weighted by Crippen LogP contribution is -1.94. The Hall–Kier alpha value is -0.390. The molecule has 102 valence electrons. The van der Waals surface area contributed by atoms with E-state index >= 15 is 0 Å². The molecule has 0 saturated carbocycles. The van der Waals surface area contributed by atoms with E-state index < -0.39 is 15.5 Å². The molecule has 2 N–H and O–H groups in total. The van der Waals surface area contributed by atoms with E-state index in [0.29, 0.717) is 5.56 Å². The second-order valence-electron chi connectivity index (χ2n) is 3.80. The van der Waals surface area contributed by atoms with Crippen LogP contribution in [0.1, 0.15) is 38.2 Å². The van der Waals surface area contributed by atoms with E-state index in [0.717, 1.165) is 5.56 Å². The highest BCUT2D eigenvalue weighted by atomic mass is 36.0. The van der Waals surface area contributed by atoms with Gasteiger partial charge >= 0.3 is 0 Å². The first-order valence-corrected chi connectivity index (χ1v) is 7.90. The highest BCUT2D eigenvalue weighted by molar-refractivity contribution is 8.26. The Morgan fingerprint density at radius 1 is 1.11 bits per heavy atom. The summed E-state index contributed by atoms with van der Waals surface area (Å²) in [7, 11) is 7.36. The summed E-state index contributed by atoms with van der Waals surface area (Å²) in [6, 6.07) is 7.26. The van der Waals surface area contributed by atoms with Crippen LogP contribution in [0.2, 0.25) is 0 Å². The molecule has 0 spiro atoms. The highest BCUT2D eigenvalue weighted by Gasteiger charge is 2.02. The number of hydrogen-bond donors (Lipinski definition) is 2. The third kappa shape index (κ3) is 7.13. The molecular weight excluding hydrogens is 295 g/mol. The van der Waals surface area contributed by atoms with E-state index in [9.17, 15) is 0 Å². The van der Waals surface area contributed by atoms with Crippen molar-refractivity contribution in [3.63, 3.8) is 0 Å². The number of benzene rings is 1. The lowest BCUT2D eigenvalue weighted by molar-refractivity contribution is -0.0424. The Labute approximate surface area is 119 Å². The molecule has 0 heterocycles. The van der Waals surface area contributed by atoms with E-state index in [-0.39, 0.29) is 0 Å². The molecule has 0 saturated heterocycles. The van der Waals surface area contributed by atoms with Crippen molar-refractivity contribution in [2.75, 3.05) is 0 Å². The normalized spacial score (nSPS) is 10.1. The average Bonchev–Trinajstić information content (AvgIpc) is 2.27. The molecule has 0 aromatic heterocycles. The van der Waals surface area contributed by atoms with Crippen LogP contribution in [0.4, 0.5) is 0 Å². The molecule has 3 nitrogen and oxygen atoms in total. The van der Waals surface area contributed by atoms with Gasteiger partial charge in [-0.3, -0.25) is 0 Å². The molecule has 18 heavy (non-hydrogen) atoms. The van der Waals surface area contributed by atoms with E-state index in [1.165, 1.54) is 11.1 Å². The number of hydrogen-bond acceptors (Lipinski definition) is 3. The van der Waals surface area contributed by atoms with Crippen LogP contribution >= 0.6 is 21.4 Å². The monoisotopic (exact) mass is 310 g/mol. The molecule has 0 amide bonds. The molecule has 0 bridgehead atoms. The minimum absolute atomic E-state index is 0.523. The van der Waals surface area contributed by atoms with Crippen molar-refractivity contribution >= 4 is 36.2 Å². The number of aliphatic hydroxyl groups is 2. The first-order valence-electron chi connectivity index (χ1n) is 5.10. The van der Waals surface area contributed by atoms with Crippen LogP contribution < -0.4 is 0 Å². The van der Waals surface area contributed by atoms with Crippen molar-refractivity contribution in [3.8, 4) is 0 Å². The largest absolute Gasteiger partial charge is 0.364 e. The van der Waals surface area contributed by atoms with Gasteiger partial charge in [-0.1, -0.05) is 29.8 Å². The first-order chi connectivity index (χ1) is 8.25. The molecule has 0 fully saturated rings. The van der Waals surface area contributed by atoms with E-state index in [1.807, 2.05) is 12.1 Å². The SMILES string of the molecule is CC(C)=C(C)c1ccc(C(O)O)cc1.O=S(Cl)Cl. The smallest absolute Gasteiger partial charge is 0.211 e. The summed E-state index contributed by atoms with van der Waals surface area (Å²) in [6.07, 6.45) is -1.38. The zero-order valence-electron chi connectivity index (χ0n) is 10.4. The summed E-state index contributed by atoms with van der Waals surface area (Å²) in [5.74, 6) is 0. The third-order valence-corrected chi connectivity index (χ3v) is 2.39. The molecule has 0 aliphatic rings. The molecule has 6 heteroatoms. The van der Waals surface area contributed by atoms with Gasteiger partial charge in [-0.25, -0.2) is 4.21 Å². The summed E-state index contributed by atoms with van der Waals surface area (Å²) >= 11 is 0. The summed E-state index contributed by atoms with van der Waals surface area (Å²) < 4.78 is 9.09. The van der Waals surface area contributed by atoms with E-state index in [2.05, 4.69) is 42.1 Å². The Morgan fingerprint density at radius 3 is 1.78 bits per heavy atom. The second-order valence-corrected chi connectivity index (χ2v) is 6.33. The molecule has 1 aromatic rings. The predicted molar refractivity (Wildman–Crippen MR) is 77.4 cm³/mol. The Bertz CT molecular complexity index is 419. The molecule has 0 radical (unpaired) electrons. The minimum atomic E-state index is -1.67. The number of rotatable bonds is 2. The quantitative estimate of drug-likeness (QED) is 0.649. The van der Waals surface area contributed by atoms with Crippen LogP contribution in [0, 0.1) is 0 Å². The number of halogens is 2. The fourth-order valence-corrected chi connectivity index (χ4v) is 1.19. The lowest BCUT2D eigenvalue weighted by atomic mass is 10.0. The fourth-order valence-electron chi connectivity index (χ4n) is 1.19. The van der Waals surface area contributed by atoms with Crippen LogP contribution in [0.15, 0.2) is 29.8 Å². The van der Waals surface area contributed by atoms with Gasteiger partial charge in [0, 0.05) is 26.9 Å². The zero-order valence-corrected chi connectivity index (χ0v) is 12.7. The third-order valence-electron chi connectivity index (χ3n) is 2.39. The number of aliphatic hydroxyl groups excluding tert-OH is 1. The summed E-state index contributed by atoms with van der Waals surface area (Å²) in [4.78, 5) is 0. The van der Waals surface area contributed by atoms with Gasteiger partial charge in [-0.05, 0) is 31.9 Å². The van der Waals surface area contributed by atoms with Gasteiger partial charge < -0.3 is 10.2 Å². The first kappa shape index (κ1) is 17.6. The van der Waals surface area contributed by atoms with Crippen LogP contribution in [0.3, 0.4) is 0 Å². The van der Waals surface area contributed by atoms with Crippen LogP contribution in [-0.4, -0.2) is 14.4 Å². The Kier molecular flexibility index (Phi) is 8.48. The Morgan fingerprint density at radius 2 is 1.50 bits per heavy atom. The van der Waals surface area contributed by atoms with E-state index in [4.69, 9.17) is 14.4 Å². The molecule has 0 atom stereocenters. The minimum Gasteiger partial charge on any atom is -0.364 e. The van der Waals surface area contributed by atoms with Crippen LogP contribution in [0.5, 0.6) is 0 Å². The van der Waals surface area contributed by atoms with Gasteiger partial charge in [0.1, 0.15) is 0 Å². The number of allylic oxidation sites excluding steroid dienone is 2. The maximum Gasteiger partial charge on any atom is 0.211 e. The van der Waals surface area contributed by atoms with E-state index in [1.54, 1.807) is 12.1 Å². The van der Waals surface area contributed by atoms with Gasteiger partial charge in [0.2, 0.25) is 9.23 Å². The average molecular weight is 311 g/mol. The second kappa shape index (κ2) is 8.67. The summed E-state index contributed by atoms with van der Waals surface area (Å²) in [6.45, 7) is 6.17. The van der Waals surface area contributed by atoms with Crippen LogP contribution in [-0.2, 0) is 9.23 Å². The topological polar surface area (TPSA) is 57.5 Å². The molecular formula is C12H16Cl2O3S. The van der Waals surface area contributed by atoms with Gasteiger partial charge in [-0.2, -0.15) is 0 Å². The van der Waals surface area contributed by atoms with Crippen molar-refractivity contribution in [2.45, 2.75) is 27.1 Å². The summed E-state index contributed by atoms with van der Waals surface area (Å²) in [5, 5.41) is 17.8. The molecule has 0 unspecified atom stereocenters.